The molecule has 2 N–H and O–H groups in total. The smallest absolute Gasteiger partial charge is 0.326 e. The van der Waals surface area contributed by atoms with Crippen LogP contribution in [0.25, 0.3) is 10.9 Å². The first kappa shape index (κ1) is 15.1. The van der Waals surface area contributed by atoms with Gasteiger partial charge in [-0.25, -0.2) is 4.79 Å². The van der Waals surface area contributed by atoms with Crippen LogP contribution in [0.1, 0.15) is 19.5 Å². The third kappa shape index (κ3) is 3.24. The molecule has 2 rings (SSSR count). The third-order valence-corrected chi connectivity index (χ3v) is 3.57. The number of carboxylic acid groups (broad SMARTS) is 1. The summed E-state index contributed by atoms with van der Waals surface area (Å²) in [6.45, 7) is 5.60. The summed E-state index contributed by atoms with van der Waals surface area (Å²) in [5.74, 6) is -1.46. The lowest BCUT2D eigenvalue weighted by atomic mass is 10.1. The molecule has 1 heterocycles. The van der Waals surface area contributed by atoms with Crippen LogP contribution in [0.2, 0.25) is 0 Å². The van der Waals surface area contributed by atoms with Gasteiger partial charge < -0.3 is 15.0 Å². The van der Waals surface area contributed by atoms with E-state index in [9.17, 15) is 9.59 Å². The van der Waals surface area contributed by atoms with Gasteiger partial charge in [0.1, 0.15) is 12.6 Å². The van der Waals surface area contributed by atoms with Gasteiger partial charge in [-0.1, -0.05) is 32.0 Å². The molecule has 0 unspecified atom stereocenters. The average molecular weight is 288 g/mol. The molecule has 1 atom stereocenters. The van der Waals surface area contributed by atoms with Gasteiger partial charge in [-0.15, -0.1) is 0 Å². The van der Waals surface area contributed by atoms with E-state index >= 15 is 0 Å². The van der Waals surface area contributed by atoms with Gasteiger partial charge in [0.15, 0.2) is 0 Å². The molecule has 1 aromatic heterocycles. The van der Waals surface area contributed by atoms with Crippen molar-refractivity contribution in [3.63, 3.8) is 0 Å². The maximum absolute atomic E-state index is 12.1. The first-order valence-electron chi connectivity index (χ1n) is 6.97. The molecule has 0 radical (unpaired) electrons. The predicted molar refractivity (Wildman–Crippen MR) is 81.1 cm³/mol. The highest BCUT2D eigenvalue weighted by atomic mass is 16.4. The van der Waals surface area contributed by atoms with Crippen molar-refractivity contribution < 1.29 is 14.7 Å². The minimum Gasteiger partial charge on any atom is -0.480 e. The van der Waals surface area contributed by atoms with Crippen LogP contribution in [0.3, 0.4) is 0 Å². The number of carbonyl (C=O) groups excluding carboxylic acids is 1. The number of aromatic nitrogens is 1. The second kappa shape index (κ2) is 5.99. The highest BCUT2D eigenvalue weighted by Gasteiger charge is 2.23. The first-order chi connectivity index (χ1) is 9.90. The van der Waals surface area contributed by atoms with Gasteiger partial charge >= 0.3 is 5.97 Å². The van der Waals surface area contributed by atoms with Crippen LogP contribution in [0.4, 0.5) is 0 Å². The Bertz CT molecular complexity index is 673. The number of carbonyl (C=O) groups is 2. The van der Waals surface area contributed by atoms with Crippen molar-refractivity contribution in [2.75, 3.05) is 0 Å². The molecule has 0 spiro atoms. The van der Waals surface area contributed by atoms with Gasteiger partial charge in [0, 0.05) is 11.2 Å². The molecule has 1 aromatic carbocycles. The number of fused-ring (bicyclic) bond motifs is 1. The largest absolute Gasteiger partial charge is 0.480 e. The number of carboxylic acids is 1. The minimum atomic E-state index is -1.01. The number of hydrogen-bond donors (Lipinski definition) is 2. The topological polar surface area (TPSA) is 71.3 Å². The molecule has 5 heteroatoms. The van der Waals surface area contributed by atoms with Crippen molar-refractivity contribution >= 4 is 22.8 Å². The fourth-order valence-electron chi connectivity index (χ4n) is 2.43. The summed E-state index contributed by atoms with van der Waals surface area (Å²) in [4.78, 5) is 23.3. The van der Waals surface area contributed by atoms with Crippen molar-refractivity contribution in [1.82, 2.24) is 9.88 Å². The van der Waals surface area contributed by atoms with E-state index in [0.717, 1.165) is 16.6 Å². The number of benzene rings is 1. The molecule has 0 saturated heterocycles. The molecule has 2 aromatic rings. The number of aryl methyl sites for hydroxylation is 1. The van der Waals surface area contributed by atoms with E-state index in [1.54, 1.807) is 13.8 Å². The van der Waals surface area contributed by atoms with E-state index in [1.165, 1.54) is 0 Å². The van der Waals surface area contributed by atoms with Gasteiger partial charge in [0.25, 0.3) is 0 Å². The molecule has 0 fully saturated rings. The SMILES string of the molecule is Cc1cc2ccccc2n1CC(=O)N[C@H](C(=O)O)C(C)C. The maximum atomic E-state index is 12.1. The summed E-state index contributed by atoms with van der Waals surface area (Å²) in [5.41, 5.74) is 1.95. The highest BCUT2D eigenvalue weighted by molar-refractivity contribution is 5.86. The van der Waals surface area contributed by atoms with Crippen LogP contribution in [-0.4, -0.2) is 27.6 Å². The molecule has 0 aliphatic rings. The van der Waals surface area contributed by atoms with Crippen LogP contribution in [0, 0.1) is 12.8 Å². The summed E-state index contributed by atoms with van der Waals surface area (Å²) in [6.07, 6.45) is 0. The number of aliphatic carboxylic acids is 1. The Kier molecular flexibility index (Phi) is 4.31. The second-order valence-electron chi connectivity index (χ2n) is 5.56. The Balaban J connectivity index is 2.18. The number of amides is 1. The number of nitrogens with zero attached hydrogens (tertiary/aromatic N) is 1. The van der Waals surface area contributed by atoms with Gasteiger partial charge in [-0.2, -0.15) is 0 Å². The van der Waals surface area contributed by atoms with E-state index in [-0.39, 0.29) is 18.4 Å². The van der Waals surface area contributed by atoms with Crippen LogP contribution < -0.4 is 5.32 Å². The van der Waals surface area contributed by atoms with Crippen molar-refractivity contribution in [2.45, 2.75) is 33.4 Å². The summed E-state index contributed by atoms with van der Waals surface area (Å²) >= 11 is 0. The van der Waals surface area contributed by atoms with Gasteiger partial charge in [-0.3, -0.25) is 4.79 Å². The summed E-state index contributed by atoms with van der Waals surface area (Å²) in [7, 11) is 0. The lowest BCUT2D eigenvalue weighted by molar-refractivity contribution is -0.143. The number of rotatable bonds is 5. The normalized spacial score (nSPS) is 12.6. The van der Waals surface area contributed by atoms with E-state index in [2.05, 4.69) is 5.32 Å². The minimum absolute atomic E-state index is 0.121. The van der Waals surface area contributed by atoms with Crippen LogP contribution in [0.5, 0.6) is 0 Å². The number of para-hydroxylation sites is 1. The lowest BCUT2D eigenvalue weighted by Gasteiger charge is -2.18. The third-order valence-electron chi connectivity index (χ3n) is 3.57. The Morgan fingerprint density at radius 3 is 2.57 bits per heavy atom. The molecule has 21 heavy (non-hydrogen) atoms. The van der Waals surface area contributed by atoms with E-state index in [0.29, 0.717) is 0 Å². The molecule has 1 amide bonds. The molecule has 112 valence electrons. The Hall–Kier alpha value is -2.30. The highest BCUT2D eigenvalue weighted by Crippen LogP contribution is 2.18. The molecule has 0 aliphatic carbocycles. The van der Waals surface area contributed by atoms with E-state index < -0.39 is 12.0 Å². The van der Waals surface area contributed by atoms with Gasteiger partial charge in [0.2, 0.25) is 5.91 Å². The standard InChI is InChI=1S/C16H20N2O3/c1-10(2)15(16(20)21)17-14(19)9-18-11(3)8-12-6-4-5-7-13(12)18/h4-8,10,15H,9H2,1-3H3,(H,17,19)(H,20,21)/t15-/m0/s1. The zero-order valence-corrected chi connectivity index (χ0v) is 12.5. The van der Waals surface area contributed by atoms with E-state index in [1.807, 2.05) is 41.8 Å². The Morgan fingerprint density at radius 1 is 1.29 bits per heavy atom. The predicted octanol–water partition coefficient (Wildman–Crippen LogP) is 2.18. The van der Waals surface area contributed by atoms with Gasteiger partial charge in [0.05, 0.1) is 0 Å². The summed E-state index contributed by atoms with van der Waals surface area (Å²) in [5, 5.41) is 12.8. The zero-order valence-electron chi connectivity index (χ0n) is 12.5. The van der Waals surface area contributed by atoms with Crippen molar-refractivity contribution in [3.05, 3.63) is 36.0 Å². The molecular weight excluding hydrogens is 268 g/mol. The monoisotopic (exact) mass is 288 g/mol. The molecule has 0 aliphatic heterocycles. The fourth-order valence-corrected chi connectivity index (χ4v) is 2.43. The first-order valence-corrected chi connectivity index (χ1v) is 6.97. The van der Waals surface area contributed by atoms with Crippen LogP contribution in [-0.2, 0) is 16.1 Å². The van der Waals surface area contributed by atoms with E-state index in [4.69, 9.17) is 5.11 Å². The average Bonchev–Trinajstić information content (AvgIpc) is 2.72. The summed E-state index contributed by atoms with van der Waals surface area (Å²) in [6, 6.07) is 8.97. The Labute approximate surface area is 123 Å². The molecular formula is C16H20N2O3. The lowest BCUT2D eigenvalue weighted by Crippen LogP contribution is -2.45. The fraction of sp³-hybridized carbons (Fsp3) is 0.375. The molecule has 0 bridgehead atoms. The number of hydrogen-bond acceptors (Lipinski definition) is 2. The number of nitrogens with one attached hydrogen (secondary N) is 1. The molecule has 5 nitrogen and oxygen atoms in total. The van der Waals surface area contributed by atoms with Crippen molar-refractivity contribution in [1.29, 1.82) is 0 Å². The second-order valence-corrected chi connectivity index (χ2v) is 5.56. The van der Waals surface area contributed by atoms with Crippen LogP contribution in [0.15, 0.2) is 30.3 Å². The quantitative estimate of drug-likeness (QED) is 0.885. The maximum Gasteiger partial charge on any atom is 0.326 e. The summed E-state index contributed by atoms with van der Waals surface area (Å²) < 4.78 is 1.89. The van der Waals surface area contributed by atoms with Gasteiger partial charge in [-0.05, 0) is 30.4 Å². The van der Waals surface area contributed by atoms with Crippen molar-refractivity contribution in [3.8, 4) is 0 Å². The molecule has 0 saturated carbocycles. The van der Waals surface area contributed by atoms with Crippen LogP contribution >= 0.6 is 0 Å². The zero-order chi connectivity index (χ0) is 15.6. The van der Waals surface area contributed by atoms with Crippen molar-refractivity contribution in [2.24, 2.45) is 5.92 Å². The Morgan fingerprint density at radius 2 is 1.95 bits per heavy atom.